The second-order valence-electron chi connectivity index (χ2n) is 6.46. The van der Waals surface area contributed by atoms with Crippen LogP contribution in [0.4, 0.5) is 14.5 Å². The smallest absolute Gasteiger partial charge is 0.216 e. The fourth-order valence-electron chi connectivity index (χ4n) is 3.00. The van der Waals surface area contributed by atoms with E-state index in [2.05, 4.69) is 36.1 Å². The van der Waals surface area contributed by atoms with Crippen LogP contribution >= 0.6 is 11.3 Å². The Labute approximate surface area is 176 Å². The van der Waals surface area contributed by atoms with E-state index in [1.807, 2.05) is 17.5 Å². The van der Waals surface area contributed by atoms with Crippen LogP contribution in [0.3, 0.4) is 0 Å². The molecule has 1 N–H and O–H groups in total. The molecule has 0 saturated heterocycles. The summed E-state index contributed by atoms with van der Waals surface area (Å²) in [5.74, 6) is -2.44. The van der Waals surface area contributed by atoms with Gasteiger partial charge in [0.2, 0.25) is 6.41 Å². The Bertz CT molecular complexity index is 1120. The van der Waals surface area contributed by atoms with Crippen molar-refractivity contribution < 1.29 is 13.6 Å². The minimum Gasteiger partial charge on any atom is -0.360 e. The molecule has 0 aliphatic carbocycles. The zero-order chi connectivity index (χ0) is 21.7. The van der Waals surface area contributed by atoms with Gasteiger partial charge in [-0.2, -0.15) is 0 Å². The van der Waals surface area contributed by atoms with Crippen LogP contribution in [0.1, 0.15) is 18.0 Å². The van der Waals surface area contributed by atoms with E-state index in [4.69, 9.17) is 4.99 Å². The van der Waals surface area contributed by atoms with Gasteiger partial charge >= 0.3 is 0 Å². The van der Waals surface area contributed by atoms with Crippen molar-refractivity contribution in [3.05, 3.63) is 94.6 Å². The highest BCUT2D eigenvalue weighted by atomic mass is 32.1. The number of nitrogens with zero attached hydrogens (tertiary/aromatic N) is 3. The lowest BCUT2D eigenvalue weighted by molar-refractivity contribution is -0.117. The number of hydrogen-bond donors (Lipinski definition) is 1. The second kappa shape index (κ2) is 9.41. The molecule has 0 saturated carbocycles. The lowest BCUT2D eigenvalue weighted by Crippen LogP contribution is -2.39. The number of carbonyl (C=O) groups is 1. The molecule has 30 heavy (non-hydrogen) atoms. The van der Waals surface area contributed by atoms with Crippen molar-refractivity contribution >= 4 is 29.5 Å². The number of thiophene rings is 1. The van der Waals surface area contributed by atoms with Gasteiger partial charge in [0.1, 0.15) is 10.8 Å². The maximum atomic E-state index is 13.5. The molecule has 2 unspecified atom stereocenters. The van der Waals surface area contributed by atoms with Crippen LogP contribution in [0.5, 0.6) is 0 Å². The van der Waals surface area contributed by atoms with Crippen molar-refractivity contribution in [1.29, 1.82) is 0 Å². The molecule has 2 aromatic heterocycles. The minimum atomic E-state index is -1.24. The lowest BCUT2D eigenvalue weighted by Gasteiger charge is -2.27. The summed E-state index contributed by atoms with van der Waals surface area (Å²) in [6, 6.07) is 3.91. The molecular formula is C22H20F2N4OS. The zero-order valence-corrected chi connectivity index (χ0v) is 16.9. The summed E-state index contributed by atoms with van der Waals surface area (Å²) < 4.78 is 27.3. The summed E-state index contributed by atoms with van der Waals surface area (Å²) in [4.78, 5) is 21.6. The Kier molecular flexibility index (Phi) is 6.68. The quantitative estimate of drug-likeness (QED) is 0.286. The molecule has 1 aliphatic heterocycles. The third-order valence-corrected chi connectivity index (χ3v) is 5.44. The van der Waals surface area contributed by atoms with Gasteiger partial charge in [-0.25, -0.2) is 8.78 Å². The number of halogens is 2. The number of hydrogen-bond acceptors (Lipinski definition) is 5. The molecule has 0 bridgehead atoms. The van der Waals surface area contributed by atoms with Crippen LogP contribution in [0.25, 0.3) is 6.08 Å². The first-order valence-corrected chi connectivity index (χ1v) is 9.91. The van der Waals surface area contributed by atoms with Gasteiger partial charge in [0.15, 0.2) is 11.7 Å². The molecule has 5 nitrogen and oxygen atoms in total. The van der Waals surface area contributed by atoms with E-state index < -0.39 is 17.8 Å². The standard InChI is InChI=1S/C22H20F2N4OS/c1-4-21(28(13-29)14(2)11-18(24)15(3)23)26-20-12-30-22-17(20)5-6-19(27-22)16-7-9-25-10-8-16/h4-5,7-13,19,21,26H,1-3,6H2/b18-11+. The Morgan fingerprint density at radius 3 is 2.70 bits per heavy atom. The lowest BCUT2D eigenvalue weighted by atomic mass is 10.0. The molecule has 0 fully saturated rings. The highest BCUT2D eigenvalue weighted by Gasteiger charge is 2.19. The SMILES string of the molecule is C=CC(Nc1csc2c1=CCC(c1ccncc1)N=2)N(C=O)C(=C)/C=C(/F)C(=C)F. The number of rotatable bonds is 9. The van der Waals surface area contributed by atoms with Crippen molar-refractivity contribution in [1.82, 2.24) is 9.88 Å². The number of carbonyl (C=O) groups excluding carboxylic acids is 1. The molecule has 1 amide bonds. The average molecular weight is 426 g/mol. The van der Waals surface area contributed by atoms with Crippen LogP contribution in [-0.4, -0.2) is 22.5 Å². The number of pyridine rings is 1. The average Bonchev–Trinajstić information content (AvgIpc) is 3.16. The van der Waals surface area contributed by atoms with E-state index in [0.29, 0.717) is 6.41 Å². The topological polar surface area (TPSA) is 57.6 Å². The molecular weight excluding hydrogens is 406 g/mol. The van der Waals surface area contributed by atoms with E-state index in [-0.39, 0.29) is 11.7 Å². The predicted octanol–water partition coefficient (Wildman–Crippen LogP) is 3.92. The molecule has 0 spiro atoms. The summed E-state index contributed by atoms with van der Waals surface area (Å²) in [7, 11) is 0. The summed E-state index contributed by atoms with van der Waals surface area (Å²) >= 11 is 1.47. The zero-order valence-electron chi connectivity index (χ0n) is 16.1. The van der Waals surface area contributed by atoms with Gasteiger partial charge in [-0.05, 0) is 30.2 Å². The first kappa shape index (κ1) is 21.3. The number of nitrogens with one attached hydrogen (secondary N) is 1. The van der Waals surface area contributed by atoms with Gasteiger partial charge in [0.05, 0.1) is 11.7 Å². The summed E-state index contributed by atoms with van der Waals surface area (Å²) in [5, 5.41) is 6.00. The number of anilines is 1. The molecule has 2 aromatic rings. The third-order valence-electron chi connectivity index (χ3n) is 4.54. The van der Waals surface area contributed by atoms with Gasteiger partial charge < -0.3 is 5.32 Å². The molecule has 8 heteroatoms. The fraction of sp³-hybridized carbons (Fsp3) is 0.136. The van der Waals surface area contributed by atoms with E-state index >= 15 is 0 Å². The van der Waals surface area contributed by atoms with Crippen molar-refractivity contribution in [2.75, 3.05) is 5.32 Å². The third kappa shape index (κ3) is 4.60. The van der Waals surface area contributed by atoms with Gasteiger partial charge in [-0.1, -0.05) is 25.8 Å². The van der Waals surface area contributed by atoms with Gasteiger partial charge in [0, 0.05) is 34.8 Å². The monoisotopic (exact) mass is 426 g/mol. The number of allylic oxidation sites excluding steroid dienone is 3. The highest BCUT2D eigenvalue weighted by Crippen LogP contribution is 2.23. The van der Waals surface area contributed by atoms with Gasteiger partial charge in [0.25, 0.3) is 0 Å². The minimum absolute atomic E-state index is 0.0235. The molecule has 1 aliphatic rings. The van der Waals surface area contributed by atoms with E-state index in [9.17, 15) is 13.6 Å². The maximum Gasteiger partial charge on any atom is 0.216 e. The number of fused-ring (bicyclic) bond motifs is 1. The highest BCUT2D eigenvalue weighted by molar-refractivity contribution is 7.07. The summed E-state index contributed by atoms with van der Waals surface area (Å²) in [6.07, 6.45) is 8.31. The van der Waals surface area contributed by atoms with Crippen molar-refractivity contribution in [3.63, 3.8) is 0 Å². The number of amides is 1. The normalized spacial score (nSPS) is 16.3. The summed E-state index contributed by atoms with van der Waals surface area (Å²) in [5.41, 5.74) is 1.80. The van der Waals surface area contributed by atoms with Crippen LogP contribution in [0, 0.1) is 0 Å². The predicted molar refractivity (Wildman–Crippen MR) is 115 cm³/mol. The van der Waals surface area contributed by atoms with Crippen LogP contribution < -0.4 is 15.2 Å². The van der Waals surface area contributed by atoms with Crippen LogP contribution in [0.15, 0.2) is 84.1 Å². The van der Waals surface area contributed by atoms with E-state index in [0.717, 1.165) is 38.5 Å². The molecule has 2 atom stereocenters. The van der Waals surface area contributed by atoms with Crippen molar-refractivity contribution in [3.8, 4) is 0 Å². The van der Waals surface area contributed by atoms with Gasteiger partial charge in [-0.15, -0.1) is 11.3 Å². The Morgan fingerprint density at radius 1 is 1.33 bits per heavy atom. The first-order valence-electron chi connectivity index (χ1n) is 9.03. The Balaban J connectivity index is 1.84. The molecule has 154 valence electrons. The second-order valence-corrected chi connectivity index (χ2v) is 7.32. The number of aromatic nitrogens is 1. The first-order chi connectivity index (χ1) is 14.4. The molecule has 0 radical (unpaired) electrons. The molecule has 3 heterocycles. The fourth-order valence-corrected chi connectivity index (χ4v) is 3.93. The summed E-state index contributed by atoms with van der Waals surface area (Å²) in [6.45, 7) is 10.2. The van der Waals surface area contributed by atoms with E-state index in [1.165, 1.54) is 17.4 Å². The van der Waals surface area contributed by atoms with Crippen LogP contribution in [-0.2, 0) is 4.79 Å². The Hall–Kier alpha value is -3.39. The van der Waals surface area contributed by atoms with Crippen molar-refractivity contribution in [2.45, 2.75) is 18.6 Å². The van der Waals surface area contributed by atoms with Crippen LogP contribution in [0.2, 0.25) is 0 Å². The van der Waals surface area contributed by atoms with E-state index in [1.54, 1.807) is 12.4 Å². The van der Waals surface area contributed by atoms with Crippen molar-refractivity contribution in [2.24, 2.45) is 4.99 Å². The van der Waals surface area contributed by atoms with Gasteiger partial charge in [-0.3, -0.25) is 19.7 Å². The molecule has 0 aromatic carbocycles. The largest absolute Gasteiger partial charge is 0.360 e. The maximum absolute atomic E-state index is 13.5. The molecule has 3 rings (SSSR count). The Morgan fingerprint density at radius 2 is 2.07 bits per heavy atom.